The highest BCUT2D eigenvalue weighted by Crippen LogP contribution is 2.64. The van der Waals surface area contributed by atoms with Gasteiger partial charge in [0.15, 0.2) is 0 Å². The molecule has 0 amide bonds. The van der Waals surface area contributed by atoms with E-state index in [2.05, 4.69) is 24.8 Å². The van der Waals surface area contributed by atoms with E-state index < -0.39 is 7.30 Å². The Hall–Kier alpha value is 0.0800. The molecule has 0 aliphatic carbocycles. The predicted octanol–water partition coefficient (Wildman–Crippen LogP) is 3.48. The second-order valence-corrected chi connectivity index (χ2v) is 13.3. The molecule has 0 aliphatic rings. The third-order valence-corrected chi connectivity index (χ3v) is 12.6. The van der Waals surface area contributed by atoms with Crippen LogP contribution in [0, 0.1) is 0 Å². The van der Waals surface area contributed by atoms with E-state index >= 15 is 0 Å². The number of unbranched alkanes of at least 4 members (excludes halogenated alkanes) is 1. The van der Waals surface area contributed by atoms with Gasteiger partial charge in [0.1, 0.15) is 5.57 Å². The summed E-state index contributed by atoms with van der Waals surface area (Å²) in [7, 11) is 5.89. The molecule has 0 saturated carbocycles. The Morgan fingerprint density at radius 1 is 1.42 bits per heavy atom. The standard InChI is InChI=1S/C12H18N2OP4/c1-2-3-8-14-11(15)9-6-4-5-7-10(9)13-12(14)19(17)18-16/h4-7,18H,2-3,8,16-17H2,1H3. The molecule has 4 unspecified atom stereocenters. The van der Waals surface area contributed by atoms with E-state index in [4.69, 9.17) is 4.98 Å². The first kappa shape index (κ1) is 15.5. The number of aromatic nitrogens is 2. The van der Waals surface area contributed by atoms with Crippen molar-refractivity contribution in [3.63, 3.8) is 0 Å². The maximum Gasteiger partial charge on any atom is 0.261 e. The van der Waals surface area contributed by atoms with Crippen LogP contribution in [-0.2, 0) is 6.54 Å². The fraction of sp³-hybridized carbons (Fsp3) is 0.333. The first-order valence-electron chi connectivity index (χ1n) is 6.19. The molecule has 0 aliphatic heterocycles. The zero-order valence-corrected chi connectivity index (χ0v) is 15.0. The van der Waals surface area contributed by atoms with Crippen molar-refractivity contribution >= 4 is 49.6 Å². The molecule has 0 fully saturated rings. The van der Waals surface area contributed by atoms with Gasteiger partial charge in [-0.15, -0.1) is 8.93 Å². The molecule has 102 valence electrons. The Labute approximate surface area is 120 Å². The van der Waals surface area contributed by atoms with Crippen molar-refractivity contribution in [1.29, 1.82) is 0 Å². The van der Waals surface area contributed by atoms with Gasteiger partial charge in [0.2, 0.25) is 0 Å². The third kappa shape index (κ3) is 3.40. The van der Waals surface area contributed by atoms with Crippen LogP contribution in [0.25, 0.3) is 10.9 Å². The normalized spacial score (nSPS) is 13.4. The summed E-state index contributed by atoms with van der Waals surface area (Å²) < 4.78 is 1.88. The number of para-hydroxylation sites is 1. The van der Waals surface area contributed by atoms with Crippen LogP contribution in [0.3, 0.4) is 0 Å². The number of fused-ring (bicyclic) bond motifs is 1. The van der Waals surface area contributed by atoms with Crippen LogP contribution in [0.15, 0.2) is 29.1 Å². The van der Waals surface area contributed by atoms with E-state index in [9.17, 15) is 4.79 Å². The van der Waals surface area contributed by atoms with E-state index in [1.165, 1.54) is 0 Å². The molecule has 1 aromatic carbocycles. The SMILES string of the molecule is CCCCn1c(P(P)PP)nc2ccccc2c1=O. The molecule has 0 saturated heterocycles. The summed E-state index contributed by atoms with van der Waals surface area (Å²) in [5, 5.41) is 0.725. The largest absolute Gasteiger partial charge is 0.292 e. The lowest BCUT2D eigenvalue weighted by Gasteiger charge is -2.17. The van der Waals surface area contributed by atoms with Crippen LogP contribution in [0.4, 0.5) is 0 Å². The average molecular weight is 330 g/mol. The Balaban J connectivity index is 2.65. The minimum atomic E-state index is -0.441. The Kier molecular flexibility index (Phi) is 5.86. The molecule has 0 radical (unpaired) electrons. The number of hydrogen-bond acceptors (Lipinski definition) is 2. The lowest BCUT2D eigenvalue weighted by Crippen LogP contribution is -2.33. The highest BCUT2D eigenvalue weighted by atomic mass is 32.6. The first-order valence-corrected chi connectivity index (χ1v) is 12.8. The average Bonchev–Trinajstić information content (AvgIpc) is 2.45. The van der Waals surface area contributed by atoms with Crippen molar-refractivity contribution in [2.45, 2.75) is 26.3 Å². The molecule has 2 rings (SSSR count). The molecule has 2 aromatic rings. The Bertz CT molecular complexity index is 629. The molecular formula is C12H18N2OP4. The van der Waals surface area contributed by atoms with Crippen molar-refractivity contribution in [3.05, 3.63) is 34.6 Å². The fourth-order valence-corrected chi connectivity index (χ4v) is 5.19. The maximum absolute atomic E-state index is 12.6. The lowest BCUT2D eigenvalue weighted by molar-refractivity contribution is 0.624. The summed E-state index contributed by atoms with van der Waals surface area (Å²) in [6.07, 6.45) is 2.09. The van der Waals surface area contributed by atoms with Gasteiger partial charge >= 0.3 is 0 Å². The van der Waals surface area contributed by atoms with Crippen molar-refractivity contribution in [2.75, 3.05) is 0 Å². The highest BCUT2D eigenvalue weighted by molar-refractivity contribution is 8.63. The number of hydrogen-bond donors (Lipinski definition) is 0. The summed E-state index contributed by atoms with van der Waals surface area (Å²) in [6, 6.07) is 7.62. The Morgan fingerprint density at radius 3 is 2.84 bits per heavy atom. The summed E-state index contributed by atoms with van der Waals surface area (Å²) >= 11 is 0. The molecule has 0 N–H and O–H groups in total. The van der Waals surface area contributed by atoms with E-state index in [1.54, 1.807) is 0 Å². The highest BCUT2D eigenvalue weighted by Gasteiger charge is 2.14. The summed E-state index contributed by atoms with van der Waals surface area (Å²) in [4.78, 5) is 17.3. The number of rotatable bonds is 5. The molecule has 4 atom stereocenters. The second-order valence-electron chi connectivity index (χ2n) is 4.24. The molecule has 7 heteroatoms. The topological polar surface area (TPSA) is 34.9 Å². The van der Waals surface area contributed by atoms with Crippen LogP contribution >= 0.6 is 33.1 Å². The maximum atomic E-state index is 12.6. The Morgan fingerprint density at radius 2 is 2.16 bits per heavy atom. The van der Waals surface area contributed by atoms with Crippen molar-refractivity contribution in [3.8, 4) is 0 Å². The van der Waals surface area contributed by atoms with Crippen LogP contribution in [0.2, 0.25) is 0 Å². The molecular weight excluding hydrogens is 312 g/mol. The quantitative estimate of drug-likeness (QED) is 0.787. The number of benzene rings is 1. The van der Waals surface area contributed by atoms with Gasteiger partial charge in [0.25, 0.3) is 5.56 Å². The van der Waals surface area contributed by atoms with Gasteiger partial charge in [-0.1, -0.05) is 42.4 Å². The van der Waals surface area contributed by atoms with Crippen molar-refractivity contribution in [2.24, 2.45) is 0 Å². The van der Waals surface area contributed by atoms with Gasteiger partial charge in [0, 0.05) is 13.8 Å². The van der Waals surface area contributed by atoms with Gasteiger partial charge in [-0.2, -0.15) is 0 Å². The molecule has 0 bridgehead atoms. The van der Waals surface area contributed by atoms with Crippen LogP contribution in [0.1, 0.15) is 19.8 Å². The van der Waals surface area contributed by atoms with Crippen LogP contribution in [0.5, 0.6) is 0 Å². The zero-order chi connectivity index (χ0) is 13.8. The van der Waals surface area contributed by atoms with E-state index in [1.807, 2.05) is 28.8 Å². The predicted molar refractivity (Wildman–Crippen MR) is 95.2 cm³/mol. The monoisotopic (exact) mass is 330 g/mol. The fourth-order valence-electron chi connectivity index (χ4n) is 1.92. The third-order valence-electron chi connectivity index (χ3n) is 2.93. The zero-order valence-electron chi connectivity index (χ0n) is 10.8. The first-order chi connectivity index (χ1) is 9.19. The second kappa shape index (κ2) is 7.19. The van der Waals surface area contributed by atoms with Gasteiger partial charge < -0.3 is 0 Å². The van der Waals surface area contributed by atoms with Gasteiger partial charge in [-0.3, -0.25) is 9.36 Å². The molecule has 1 heterocycles. The molecule has 3 nitrogen and oxygen atoms in total. The summed E-state index contributed by atoms with van der Waals surface area (Å²) in [5.41, 5.74) is 1.87. The van der Waals surface area contributed by atoms with E-state index in [-0.39, 0.29) is 5.56 Å². The molecule has 0 spiro atoms. The smallest absolute Gasteiger partial charge is 0.261 e. The minimum absolute atomic E-state index is 0.104. The summed E-state index contributed by atoms with van der Waals surface area (Å²) in [6.45, 7) is 2.91. The van der Waals surface area contributed by atoms with E-state index in [0.29, 0.717) is 7.96 Å². The lowest BCUT2D eigenvalue weighted by atomic mass is 10.2. The van der Waals surface area contributed by atoms with Crippen LogP contribution in [-0.4, -0.2) is 9.55 Å². The van der Waals surface area contributed by atoms with Crippen molar-refractivity contribution in [1.82, 2.24) is 9.55 Å². The molecule has 19 heavy (non-hydrogen) atoms. The van der Waals surface area contributed by atoms with Gasteiger partial charge in [-0.25, -0.2) is 4.98 Å². The molecule has 1 aromatic heterocycles. The van der Waals surface area contributed by atoms with Gasteiger partial charge in [0.05, 0.1) is 10.9 Å². The summed E-state index contributed by atoms with van der Waals surface area (Å²) in [5.74, 6) is 0. The minimum Gasteiger partial charge on any atom is -0.292 e. The van der Waals surface area contributed by atoms with E-state index in [0.717, 1.165) is 35.9 Å². The van der Waals surface area contributed by atoms with Crippen molar-refractivity contribution < 1.29 is 0 Å². The van der Waals surface area contributed by atoms with Crippen LogP contribution < -0.4 is 11.1 Å². The number of nitrogens with zero attached hydrogens (tertiary/aromatic N) is 2. The van der Waals surface area contributed by atoms with Gasteiger partial charge in [-0.05, 0) is 18.6 Å².